The van der Waals surface area contributed by atoms with Gasteiger partial charge in [0.1, 0.15) is 17.3 Å². The van der Waals surface area contributed by atoms with Crippen LogP contribution in [0, 0.1) is 0 Å². The van der Waals surface area contributed by atoms with E-state index in [1.54, 1.807) is 38.5 Å². The number of aliphatic hydroxyl groups excluding tert-OH is 1. The van der Waals surface area contributed by atoms with Gasteiger partial charge in [-0.15, -0.1) is 0 Å². The molecule has 176 valence electrons. The molecule has 8 heteroatoms. The number of amides is 1. The molecule has 1 amide bonds. The highest BCUT2D eigenvalue weighted by Gasteiger charge is 2.46. The zero-order valence-electron chi connectivity index (χ0n) is 19.1. The molecule has 0 aliphatic carbocycles. The minimum Gasteiger partial charge on any atom is -0.507 e. The van der Waals surface area contributed by atoms with Crippen molar-refractivity contribution in [2.75, 3.05) is 27.4 Å². The van der Waals surface area contributed by atoms with E-state index in [0.717, 1.165) is 5.56 Å². The number of hydrogen-bond acceptors (Lipinski definition) is 6. The molecule has 2 aromatic carbocycles. The highest BCUT2D eigenvalue weighted by atomic mass is 35.5. The zero-order chi connectivity index (χ0) is 24.3. The number of carbonyl (C=O) groups excluding carboxylic acids is 2. The number of ether oxygens (including phenoxy) is 2. The first-order chi connectivity index (χ1) is 15.7. The van der Waals surface area contributed by atoms with Crippen molar-refractivity contribution in [1.29, 1.82) is 0 Å². The maximum atomic E-state index is 13.1. The third-order valence-electron chi connectivity index (χ3n) is 5.70. The number of ketones is 1. The van der Waals surface area contributed by atoms with Crippen molar-refractivity contribution in [2.45, 2.75) is 32.2 Å². The van der Waals surface area contributed by atoms with Crippen molar-refractivity contribution in [3.8, 4) is 11.5 Å². The van der Waals surface area contributed by atoms with Crippen LogP contribution in [0.3, 0.4) is 0 Å². The SMILES string of the molecule is COCCCN1C(=O)C(=O)/C(=C(\O)c2ccc(OC)c(C(C)C)c2)C1c1ccc(O)c(Cl)c1. The molecule has 0 saturated carbocycles. The smallest absolute Gasteiger partial charge is 0.295 e. The third kappa shape index (κ3) is 4.84. The molecule has 0 aromatic heterocycles. The molecule has 33 heavy (non-hydrogen) atoms. The predicted octanol–water partition coefficient (Wildman–Crippen LogP) is 4.64. The highest BCUT2D eigenvalue weighted by molar-refractivity contribution is 6.46. The number of phenolic OH excluding ortho intramolecular Hbond substituents is 1. The van der Waals surface area contributed by atoms with Gasteiger partial charge in [0, 0.05) is 25.8 Å². The van der Waals surface area contributed by atoms with Crippen molar-refractivity contribution in [1.82, 2.24) is 4.90 Å². The van der Waals surface area contributed by atoms with Crippen LogP contribution in [0.2, 0.25) is 5.02 Å². The van der Waals surface area contributed by atoms with Crippen molar-refractivity contribution in [3.63, 3.8) is 0 Å². The van der Waals surface area contributed by atoms with E-state index in [1.165, 1.54) is 17.0 Å². The number of rotatable bonds is 8. The van der Waals surface area contributed by atoms with Gasteiger partial charge in [0.15, 0.2) is 0 Å². The minimum absolute atomic E-state index is 0.0287. The zero-order valence-corrected chi connectivity index (χ0v) is 19.8. The van der Waals surface area contributed by atoms with Crippen LogP contribution in [0.5, 0.6) is 11.5 Å². The van der Waals surface area contributed by atoms with Gasteiger partial charge in [-0.25, -0.2) is 0 Å². The van der Waals surface area contributed by atoms with E-state index in [2.05, 4.69) is 0 Å². The Kier molecular flexibility index (Phi) is 7.66. The Morgan fingerprint density at radius 1 is 1.15 bits per heavy atom. The van der Waals surface area contributed by atoms with Gasteiger partial charge in [-0.05, 0) is 53.8 Å². The summed E-state index contributed by atoms with van der Waals surface area (Å²) in [6.07, 6.45) is 0.506. The van der Waals surface area contributed by atoms with E-state index in [9.17, 15) is 19.8 Å². The molecule has 2 N–H and O–H groups in total. The molecule has 1 heterocycles. The summed E-state index contributed by atoms with van der Waals surface area (Å²) in [6, 6.07) is 8.77. The topological polar surface area (TPSA) is 96.3 Å². The van der Waals surface area contributed by atoms with Crippen LogP contribution in [0.1, 0.15) is 48.9 Å². The second kappa shape index (κ2) is 10.3. The lowest BCUT2D eigenvalue weighted by molar-refractivity contribution is -0.140. The van der Waals surface area contributed by atoms with Gasteiger partial charge in [-0.1, -0.05) is 31.5 Å². The Bertz CT molecular complexity index is 1090. The van der Waals surface area contributed by atoms with Crippen LogP contribution >= 0.6 is 11.6 Å². The second-order valence-electron chi connectivity index (χ2n) is 8.16. The monoisotopic (exact) mass is 473 g/mol. The quantitative estimate of drug-likeness (QED) is 0.251. The Hall–Kier alpha value is -3.03. The van der Waals surface area contributed by atoms with E-state index in [-0.39, 0.29) is 34.6 Å². The summed E-state index contributed by atoms with van der Waals surface area (Å²) in [5.41, 5.74) is 1.75. The molecule has 7 nitrogen and oxygen atoms in total. The lowest BCUT2D eigenvalue weighted by atomic mass is 9.93. The maximum absolute atomic E-state index is 13.1. The van der Waals surface area contributed by atoms with Crippen LogP contribution in [0.4, 0.5) is 0 Å². The number of nitrogens with zero attached hydrogens (tertiary/aromatic N) is 1. The lowest BCUT2D eigenvalue weighted by Crippen LogP contribution is -2.31. The number of methoxy groups -OCH3 is 2. The third-order valence-corrected chi connectivity index (χ3v) is 6.00. The number of Topliss-reactive ketones (excluding diaryl/α,β-unsaturated/α-hetero) is 1. The molecule has 1 aliphatic heterocycles. The number of halogens is 1. The summed E-state index contributed by atoms with van der Waals surface area (Å²) < 4.78 is 10.5. The van der Waals surface area contributed by atoms with Crippen LogP contribution in [-0.4, -0.2) is 54.2 Å². The van der Waals surface area contributed by atoms with E-state index < -0.39 is 17.7 Å². The van der Waals surface area contributed by atoms with Gasteiger partial charge in [-0.2, -0.15) is 0 Å². The minimum atomic E-state index is -0.857. The van der Waals surface area contributed by atoms with E-state index >= 15 is 0 Å². The number of phenols is 1. The number of benzene rings is 2. The fraction of sp³-hybridized carbons (Fsp3) is 0.360. The summed E-state index contributed by atoms with van der Waals surface area (Å²) >= 11 is 6.12. The Morgan fingerprint density at radius 2 is 1.88 bits per heavy atom. The molecule has 1 atom stereocenters. The Labute approximate surface area is 198 Å². The largest absolute Gasteiger partial charge is 0.507 e. The molecule has 0 spiro atoms. The van der Waals surface area contributed by atoms with Crippen LogP contribution in [0.15, 0.2) is 42.0 Å². The number of likely N-dealkylation sites (tertiary alicyclic amines) is 1. The van der Waals surface area contributed by atoms with Gasteiger partial charge >= 0.3 is 0 Å². The Morgan fingerprint density at radius 3 is 2.48 bits per heavy atom. The average Bonchev–Trinajstić information content (AvgIpc) is 3.05. The second-order valence-corrected chi connectivity index (χ2v) is 8.57. The van der Waals surface area contributed by atoms with Crippen LogP contribution < -0.4 is 4.74 Å². The van der Waals surface area contributed by atoms with Crippen LogP contribution in [0.25, 0.3) is 5.76 Å². The van der Waals surface area contributed by atoms with Crippen LogP contribution in [-0.2, 0) is 14.3 Å². The average molecular weight is 474 g/mol. The van der Waals surface area contributed by atoms with Crippen molar-refractivity contribution >= 4 is 29.1 Å². The molecular weight excluding hydrogens is 446 g/mol. The molecular formula is C25H28ClNO6. The van der Waals surface area contributed by atoms with E-state index in [1.807, 2.05) is 13.8 Å². The number of aromatic hydroxyl groups is 1. The Balaban J connectivity index is 2.18. The van der Waals surface area contributed by atoms with Crippen molar-refractivity contribution in [3.05, 3.63) is 63.7 Å². The highest BCUT2D eigenvalue weighted by Crippen LogP contribution is 2.42. The summed E-state index contributed by atoms with van der Waals surface area (Å²) in [5, 5.41) is 21.2. The standard InChI is InChI=1S/C25H28ClNO6/c1-14(2)17-12-16(7-9-20(17)33-4)23(29)21-22(15-6-8-19(28)18(26)13-15)27(10-5-11-32-3)25(31)24(21)30/h6-9,12-14,22,28-29H,5,10-11H2,1-4H3/b23-21-. The fourth-order valence-electron chi connectivity index (χ4n) is 4.02. The molecule has 1 fully saturated rings. The molecule has 1 aliphatic rings. The number of carbonyl (C=O) groups is 2. The number of hydrogen-bond donors (Lipinski definition) is 2. The van der Waals surface area contributed by atoms with Crippen molar-refractivity contribution < 1.29 is 29.3 Å². The molecule has 1 unspecified atom stereocenters. The summed E-state index contributed by atoms with van der Waals surface area (Å²) in [5.74, 6) is -1.10. The van der Waals surface area contributed by atoms with E-state index in [0.29, 0.717) is 29.9 Å². The fourth-order valence-corrected chi connectivity index (χ4v) is 4.21. The number of aliphatic hydroxyl groups is 1. The first-order valence-corrected chi connectivity index (χ1v) is 11.0. The van der Waals surface area contributed by atoms with E-state index in [4.69, 9.17) is 21.1 Å². The van der Waals surface area contributed by atoms with Gasteiger partial charge in [0.05, 0.1) is 23.7 Å². The lowest BCUT2D eigenvalue weighted by Gasteiger charge is -2.25. The molecule has 0 bridgehead atoms. The molecule has 2 aromatic rings. The van der Waals surface area contributed by atoms with Gasteiger partial charge in [0.2, 0.25) is 0 Å². The predicted molar refractivity (Wildman–Crippen MR) is 126 cm³/mol. The normalized spacial score (nSPS) is 17.8. The van der Waals surface area contributed by atoms with Gasteiger partial charge in [0.25, 0.3) is 11.7 Å². The molecule has 1 saturated heterocycles. The van der Waals surface area contributed by atoms with Gasteiger partial charge in [-0.3, -0.25) is 9.59 Å². The summed E-state index contributed by atoms with van der Waals surface area (Å²) in [4.78, 5) is 27.4. The molecule has 3 rings (SSSR count). The maximum Gasteiger partial charge on any atom is 0.295 e. The first-order valence-electron chi connectivity index (χ1n) is 10.6. The first kappa shape index (κ1) is 24.6. The molecule has 0 radical (unpaired) electrons. The van der Waals surface area contributed by atoms with Crippen molar-refractivity contribution in [2.24, 2.45) is 0 Å². The summed E-state index contributed by atoms with van der Waals surface area (Å²) in [6.45, 7) is 4.64. The summed E-state index contributed by atoms with van der Waals surface area (Å²) in [7, 11) is 3.13. The van der Waals surface area contributed by atoms with Gasteiger partial charge < -0.3 is 24.6 Å².